The summed E-state index contributed by atoms with van der Waals surface area (Å²) in [6.07, 6.45) is -2.47. The molecule has 1 aliphatic rings. The largest absolute Gasteiger partial charge is 0.379 e. The second-order valence-corrected chi connectivity index (χ2v) is 4.15. The minimum atomic E-state index is -2.47. The van der Waals surface area contributed by atoms with Crippen molar-refractivity contribution < 1.29 is 13.5 Å². The van der Waals surface area contributed by atoms with Gasteiger partial charge in [0, 0.05) is 18.7 Å². The number of hydrogen-bond acceptors (Lipinski definition) is 3. The lowest BCUT2D eigenvalue weighted by molar-refractivity contribution is 0.0266. The maximum absolute atomic E-state index is 12.4. The average molecular weight is 252 g/mol. The first-order valence-corrected chi connectivity index (χ1v) is 5.82. The third-order valence-corrected chi connectivity index (χ3v) is 3.04. The highest BCUT2D eigenvalue weighted by Gasteiger charge is 2.22. The van der Waals surface area contributed by atoms with Crippen molar-refractivity contribution >= 4 is 0 Å². The number of rotatable bonds is 3. The highest BCUT2D eigenvalue weighted by Crippen LogP contribution is 2.24. The Labute approximate surface area is 105 Å². The van der Waals surface area contributed by atoms with E-state index in [0.29, 0.717) is 26.3 Å². The second-order valence-electron chi connectivity index (χ2n) is 4.15. The number of nitrogens with zero attached hydrogens (tertiary/aromatic N) is 2. The second kappa shape index (κ2) is 5.89. The average Bonchev–Trinajstić information content (AvgIpc) is 2.41. The molecule has 96 valence electrons. The molecule has 2 rings (SSSR count). The summed E-state index contributed by atoms with van der Waals surface area (Å²) in [6.45, 7) is 2.59. The molecular weight excluding hydrogens is 238 g/mol. The number of ether oxygens (including phenoxy) is 1. The first-order valence-electron chi connectivity index (χ1n) is 5.82. The third-order valence-electron chi connectivity index (χ3n) is 3.04. The Hall–Kier alpha value is -1.51. The summed E-state index contributed by atoms with van der Waals surface area (Å²) < 4.78 is 30.1. The molecule has 1 fully saturated rings. The molecule has 0 spiro atoms. The van der Waals surface area contributed by atoms with Crippen molar-refractivity contribution in [1.82, 2.24) is 4.90 Å². The Morgan fingerprint density at radius 3 is 2.17 bits per heavy atom. The summed E-state index contributed by atoms with van der Waals surface area (Å²) in [5.41, 5.74) is 0.737. The summed E-state index contributed by atoms with van der Waals surface area (Å²) in [5.74, 6) is 0. The fourth-order valence-electron chi connectivity index (χ4n) is 2.03. The molecule has 18 heavy (non-hydrogen) atoms. The smallest absolute Gasteiger partial charge is 0.263 e. The summed E-state index contributed by atoms with van der Waals surface area (Å²) in [5, 5.41) is 9.23. The Balaban J connectivity index is 2.14. The summed E-state index contributed by atoms with van der Waals surface area (Å²) >= 11 is 0. The maximum atomic E-state index is 12.4. The lowest BCUT2D eigenvalue weighted by Gasteiger charge is -2.30. The van der Waals surface area contributed by atoms with Crippen LogP contribution in [-0.4, -0.2) is 31.2 Å². The predicted octanol–water partition coefficient (Wildman–Crippen LogP) is 2.52. The molecule has 3 nitrogen and oxygen atoms in total. The molecule has 0 saturated carbocycles. The van der Waals surface area contributed by atoms with Crippen LogP contribution in [0, 0.1) is 11.3 Å². The van der Waals surface area contributed by atoms with Crippen molar-refractivity contribution in [3.05, 3.63) is 35.4 Å². The minimum absolute atomic E-state index is 0.0163. The molecule has 0 aliphatic carbocycles. The molecule has 1 aliphatic heterocycles. The number of alkyl halides is 2. The molecule has 0 amide bonds. The molecule has 1 heterocycles. The van der Waals surface area contributed by atoms with Gasteiger partial charge in [0.25, 0.3) is 6.43 Å². The molecule has 5 heteroatoms. The van der Waals surface area contributed by atoms with Gasteiger partial charge < -0.3 is 4.74 Å². The monoisotopic (exact) mass is 252 g/mol. The van der Waals surface area contributed by atoms with E-state index in [4.69, 9.17) is 4.74 Å². The van der Waals surface area contributed by atoms with Crippen molar-refractivity contribution in [2.45, 2.75) is 12.5 Å². The highest BCUT2D eigenvalue weighted by atomic mass is 19.3. The van der Waals surface area contributed by atoms with Crippen LogP contribution < -0.4 is 0 Å². The molecule has 1 unspecified atom stereocenters. The highest BCUT2D eigenvalue weighted by molar-refractivity contribution is 5.29. The van der Waals surface area contributed by atoms with E-state index < -0.39 is 6.43 Å². The van der Waals surface area contributed by atoms with Crippen molar-refractivity contribution in [3.63, 3.8) is 0 Å². The Morgan fingerprint density at radius 2 is 1.67 bits per heavy atom. The number of nitriles is 1. The first kappa shape index (κ1) is 12.9. The normalized spacial score (nSPS) is 18.6. The number of morpholine rings is 1. The lowest BCUT2D eigenvalue weighted by Crippen LogP contribution is -2.38. The molecule has 1 aromatic rings. The van der Waals surface area contributed by atoms with Crippen molar-refractivity contribution in [3.8, 4) is 6.07 Å². The SMILES string of the molecule is N#CC(c1ccc(C(F)F)cc1)N1CCOCC1. The van der Waals surface area contributed by atoms with E-state index in [1.54, 1.807) is 12.1 Å². The molecule has 0 radical (unpaired) electrons. The third kappa shape index (κ3) is 2.84. The van der Waals surface area contributed by atoms with Crippen molar-refractivity contribution in [2.75, 3.05) is 26.3 Å². The summed E-state index contributed by atoms with van der Waals surface area (Å²) in [4.78, 5) is 2.00. The van der Waals surface area contributed by atoms with Crippen LogP contribution in [0.3, 0.4) is 0 Å². The van der Waals surface area contributed by atoms with Gasteiger partial charge in [-0.25, -0.2) is 8.78 Å². The molecule has 0 N–H and O–H groups in total. The Kier molecular flexibility index (Phi) is 4.24. The summed E-state index contributed by atoms with van der Waals surface area (Å²) in [6, 6.07) is 7.79. The zero-order valence-corrected chi connectivity index (χ0v) is 9.85. The van der Waals surface area contributed by atoms with E-state index in [1.807, 2.05) is 4.90 Å². The molecule has 1 aromatic carbocycles. The van der Waals surface area contributed by atoms with Crippen LogP contribution in [0.5, 0.6) is 0 Å². The Morgan fingerprint density at radius 1 is 1.11 bits per heavy atom. The zero-order chi connectivity index (χ0) is 13.0. The fourth-order valence-corrected chi connectivity index (χ4v) is 2.03. The fraction of sp³-hybridized carbons (Fsp3) is 0.462. The van der Waals surface area contributed by atoms with Gasteiger partial charge in [-0.15, -0.1) is 0 Å². The van der Waals surface area contributed by atoms with E-state index in [2.05, 4.69) is 6.07 Å². The quantitative estimate of drug-likeness (QED) is 0.829. The summed E-state index contributed by atoms with van der Waals surface area (Å²) in [7, 11) is 0. The van der Waals surface area contributed by atoms with Crippen LogP contribution in [0.2, 0.25) is 0 Å². The topological polar surface area (TPSA) is 36.3 Å². The van der Waals surface area contributed by atoms with E-state index in [-0.39, 0.29) is 11.6 Å². The van der Waals surface area contributed by atoms with Gasteiger partial charge in [0.15, 0.2) is 0 Å². The van der Waals surface area contributed by atoms with E-state index in [1.165, 1.54) is 12.1 Å². The van der Waals surface area contributed by atoms with Crippen LogP contribution >= 0.6 is 0 Å². The van der Waals surface area contributed by atoms with Gasteiger partial charge >= 0.3 is 0 Å². The molecule has 1 atom stereocenters. The Bertz CT molecular complexity index is 422. The van der Waals surface area contributed by atoms with Gasteiger partial charge in [-0.1, -0.05) is 24.3 Å². The minimum Gasteiger partial charge on any atom is -0.379 e. The van der Waals surface area contributed by atoms with Gasteiger partial charge in [-0.3, -0.25) is 4.90 Å². The molecule has 0 bridgehead atoms. The molecular formula is C13H14F2N2O. The van der Waals surface area contributed by atoms with Gasteiger partial charge in [0.2, 0.25) is 0 Å². The van der Waals surface area contributed by atoms with Gasteiger partial charge in [0.05, 0.1) is 19.3 Å². The number of hydrogen-bond donors (Lipinski definition) is 0. The van der Waals surface area contributed by atoms with Crippen molar-refractivity contribution in [1.29, 1.82) is 5.26 Å². The van der Waals surface area contributed by atoms with E-state index in [0.717, 1.165) is 5.56 Å². The van der Waals surface area contributed by atoms with Crippen LogP contribution in [0.1, 0.15) is 23.6 Å². The first-order chi connectivity index (χ1) is 8.72. The molecule has 1 saturated heterocycles. The van der Waals surface area contributed by atoms with Gasteiger partial charge in [-0.05, 0) is 5.56 Å². The lowest BCUT2D eigenvalue weighted by atomic mass is 10.0. The van der Waals surface area contributed by atoms with Crippen LogP contribution in [0.4, 0.5) is 8.78 Å². The molecule has 0 aromatic heterocycles. The number of benzene rings is 1. The zero-order valence-electron chi connectivity index (χ0n) is 9.85. The van der Waals surface area contributed by atoms with Crippen LogP contribution in [0.25, 0.3) is 0 Å². The van der Waals surface area contributed by atoms with Crippen LogP contribution in [-0.2, 0) is 4.74 Å². The standard InChI is InChI=1S/C13H14F2N2O/c14-13(15)11-3-1-10(2-4-11)12(9-16)17-5-7-18-8-6-17/h1-4,12-13H,5-8H2. The van der Waals surface area contributed by atoms with E-state index >= 15 is 0 Å². The maximum Gasteiger partial charge on any atom is 0.263 e. The van der Waals surface area contributed by atoms with Gasteiger partial charge in [-0.2, -0.15) is 5.26 Å². The number of halogens is 2. The van der Waals surface area contributed by atoms with Crippen molar-refractivity contribution in [2.24, 2.45) is 0 Å². The van der Waals surface area contributed by atoms with E-state index in [9.17, 15) is 14.0 Å². The van der Waals surface area contributed by atoms with Gasteiger partial charge in [0.1, 0.15) is 6.04 Å². The van der Waals surface area contributed by atoms with Crippen LogP contribution in [0.15, 0.2) is 24.3 Å². The predicted molar refractivity (Wildman–Crippen MR) is 62.1 cm³/mol.